The molecule has 0 aliphatic carbocycles. The maximum atomic E-state index is 13.8. The number of pyridine rings is 1. The minimum absolute atomic E-state index is 0.162. The number of halogens is 4. The van der Waals surface area contributed by atoms with Crippen LogP contribution in [0.2, 0.25) is 10.0 Å². The summed E-state index contributed by atoms with van der Waals surface area (Å²) < 4.78 is 27.1. The summed E-state index contributed by atoms with van der Waals surface area (Å²) in [5, 5.41) is 4.04. The van der Waals surface area contributed by atoms with Crippen LogP contribution in [0.3, 0.4) is 0 Å². The molecule has 6 heteroatoms. The van der Waals surface area contributed by atoms with Gasteiger partial charge in [-0.05, 0) is 36.4 Å². The number of hydrogen-bond donors (Lipinski definition) is 1. The van der Waals surface area contributed by atoms with Crippen LogP contribution >= 0.6 is 23.2 Å². The molecule has 0 unspecified atom stereocenters. The predicted molar refractivity (Wildman–Crippen MR) is 89.3 cm³/mol. The molecule has 0 spiro atoms. The van der Waals surface area contributed by atoms with Gasteiger partial charge in [-0.15, -0.1) is 0 Å². The van der Waals surface area contributed by atoms with Gasteiger partial charge in [-0.2, -0.15) is 0 Å². The Labute approximate surface area is 141 Å². The molecule has 0 saturated carbocycles. The molecular formula is C17H10Cl2F2N2. The molecule has 3 rings (SSSR count). The zero-order valence-corrected chi connectivity index (χ0v) is 13.2. The standard InChI is InChI=1S/C17H10Cl2F2N2/c18-11-6-12(19)8-13(7-11)23-16-5-4-10(9-22-16)14-2-1-3-15(20)17(14)21/h1-9H,(H,22,23). The molecule has 0 bridgehead atoms. The van der Waals surface area contributed by atoms with Crippen LogP contribution in [0.25, 0.3) is 11.1 Å². The van der Waals surface area contributed by atoms with Gasteiger partial charge in [0.15, 0.2) is 11.6 Å². The Morgan fingerprint density at radius 3 is 2.30 bits per heavy atom. The quantitative estimate of drug-likeness (QED) is 0.619. The average Bonchev–Trinajstić information content (AvgIpc) is 2.50. The molecule has 3 aromatic rings. The van der Waals surface area contributed by atoms with E-state index in [9.17, 15) is 8.78 Å². The first kappa shape index (κ1) is 15.7. The molecule has 0 saturated heterocycles. The average molecular weight is 351 g/mol. The van der Waals surface area contributed by atoms with E-state index in [0.717, 1.165) is 6.07 Å². The molecule has 1 aromatic heterocycles. The molecule has 23 heavy (non-hydrogen) atoms. The van der Waals surface area contributed by atoms with Gasteiger partial charge in [-0.1, -0.05) is 35.3 Å². The van der Waals surface area contributed by atoms with E-state index in [1.54, 1.807) is 30.3 Å². The highest BCUT2D eigenvalue weighted by atomic mass is 35.5. The minimum atomic E-state index is -0.892. The minimum Gasteiger partial charge on any atom is -0.340 e. The van der Waals surface area contributed by atoms with Gasteiger partial charge in [0, 0.05) is 33.1 Å². The summed E-state index contributed by atoms with van der Waals surface area (Å²) in [6.07, 6.45) is 1.46. The number of nitrogens with zero attached hydrogens (tertiary/aromatic N) is 1. The lowest BCUT2D eigenvalue weighted by atomic mass is 10.1. The molecule has 0 aliphatic rings. The van der Waals surface area contributed by atoms with E-state index < -0.39 is 11.6 Å². The smallest absolute Gasteiger partial charge is 0.166 e. The second-order valence-corrected chi connectivity index (χ2v) is 5.69. The Kier molecular flexibility index (Phi) is 4.46. The number of anilines is 2. The lowest BCUT2D eigenvalue weighted by molar-refractivity contribution is 0.511. The largest absolute Gasteiger partial charge is 0.340 e. The number of nitrogens with one attached hydrogen (secondary N) is 1. The van der Waals surface area contributed by atoms with Gasteiger partial charge in [-0.3, -0.25) is 0 Å². The Bertz CT molecular complexity index is 831. The van der Waals surface area contributed by atoms with Gasteiger partial charge in [0.1, 0.15) is 5.82 Å². The maximum absolute atomic E-state index is 13.8. The van der Waals surface area contributed by atoms with E-state index in [2.05, 4.69) is 10.3 Å². The number of benzene rings is 2. The van der Waals surface area contributed by atoms with Crippen molar-refractivity contribution < 1.29 is 8.78 Å². The lowest BCUT2D eigenvalue weighted by Gasteiger charge is -2.08. The summed E-state index contributed by atoms with van der Waals surface area (Å²) in [4.78, 5) is 4.19. The van der Waals surface area contributed by atoms with Crippen molar-refractivity contribution in [3.8, 4) is 11.1 Å². The first-order valence-corrected chi connectivity index (χ1v) is 7.42. The van der Waals surface area contributed by atoms with Crippen LogP contribution in [0.4, 0.5) is 20.3 Å². The summed E-state index contributed by atoms with van der Waals surface area (Å²) in [6, 6.07) is 12.4. The fraction of sp³-hybridized carbons (Fsp3) is 0. The predicted octanol–water partition coefficient (Wildman–Crippen LogP) is 6.08. The highest BCUT2D eigenvalue weighted by Crippen LogP contribution is 2.27. The second-order valence-electron chi connectivity index (χ2n) is 4.82. The fourth-order valence-electron chi connectivity index (χ4n) is 2.13. The van der Waals surface area contributed by atoms with Gasteiger partial charge < -0.3 is 5.32 Å². The zero-order chi connectivity index (χ0) is 16.4. The first-order valence-electron chi connectivity index (χ1n) is 6.66. The molecule has 0 atom stereocenters. The van der Waals surface area contributed by atoms with Crippen molar-refractivity contribution in [3.63, 3.8) is 0 Å². The van der Waals surface area contributed by atoms with Crippen LogP contribution in [-0.4, -0.2) is 4.98 Å². The third-order valence-corrected chi connectivity index (χ3v) is 3.60. The first-order chi connectivity index (χ1) is 11.0. The van der Waals surface area contributed by atoms with E-state index in [1.165, 1.54) is 18.3 Å². The molecule has 0 radical (unpaired) electrons. The maximum Gasteiger partial charge on any atom is 0.166 e. The molecule has 0 fully saturated rings. The summed E-state index contributed by atoms with van der Waals surface area (Å²) in [5.74, 6) is -1.25. The summed E-state index contributed by atoms with van der Waals surface area (Å²) in [7, 11) is 0. The monoisotopic (exact) mass is 350 g/mol. The number of hydrogen-bond acceptors (Lipinski definition) is 2. The lowest BCUT2D eigenvalue weighted by Crippen LogP contribution is -1.95. The topological polar surface area (TPSA) is 24.9 Å². The van der Waals surface area contributed by atoms with Gasteiger partial charge in [-0.25, -0.2) is 13.8 Å². The van der Waals surface area contributed by atoms with Crippen LogP contribution in [0.5, 0.6) is 0 Å². The summed E-state index contributed by atoms with van der Waals surface area (Å²) in [5.41, 5.74) is 1.33. The van der Waals surface area contributed by atoms with Crippen LogP contribution in [0, 0.1) is 11.6 Å². The molecule has 2 aromatic carbocycles. The Balaban J connectivity index is 1.86. The van der Waals surface area contributed by atoms with Gasteiger partial charge >= 0.3 is 0 Å². The summed E-state index contributed by atoms with van der Waals surface area (Å²) >= 11 is 11.9. The molecular weight excluding hydrogens is 341 g/mol. The van der Waals surface area contributed by atoms with E-state index in [-0.39, 0.29) is 5.56 Å². The number of rotatable bonds is 3. The fourth-order valence-corrected chi connectivity index (χ4v) is 2.65. The Hall–Kier alpha value is -2.17. The van der Waals surface area contributed by atoms with Crippen LogP contribution in [0.15, 0.2) is 54.7 Å². The van der Waals surface area contributed by atoms with Crippen molar-refractivity contribution in [1.82, 2.24) is 4.98 Å². The van der Waals surface area contributed by atoms with Crippen molar-refractivity contribution >= 4 is 34.7 Å². The van der Waals surface area contributed by atoms with Crippen molar-refractivity contribution in [2.45, 2.75) is 0 Å². The van der Waals surface area contributed by atoms with E-state index >= 15 is 0 Å². The van der Waals surface area contributed by atoms with Crippen molar-refractivity contribution in [2.75, 3.05) is 5.32 Å². The van der Waals surface area contributed by atoms with Crippen molar-refractivity contribution in [2.24, 2.45) is 0 Å². The summed E-state index contributed by atoms with van der Waals surface area (Å²) in [6.45, 7) is 0. The highest BCUT2D eigenvalue weighted by molar-refractivity contribution is 6.35. The van der Waals surface area contributed by atoms with Crippen LogP contribution in [-0.2, 0) is 0 Å². The SMILES string of the molecule is Fc1cccc(-c2ccc(Nc3cc(Cl)cc(Cl)c3)nc2)c1F. The van der Waals surface area contributed by atoms with Crippen LogP contribution in [0.1, 0.15) is 0 Å². The third-order valence-electron chi connectivity index (χ3n) is 3.16. The Morgan fingerprint density at radius 2 is 1.65 bits per heavy atom. The molecule has 1 heterocycles. The van der Waals surface area contributed by atoms with Crippen molar-refractivity contribution in [3.05, 3.63) is 76.4 Å². The van der Waals surface area contributed by atoms with Gasteiger partial charge in [0.2, 0.25) is 0 Å². The van der Waals surface area contributed by atoms with Crippen LogP contribution < -0.4 is 5.32 Å². The van der Waals surface area contributed by atoms with E-state index in [1.807, 2.05) is 0 Å². The van der Waals surface area contributed by atoms with Crippen molar-refractivity contribution in [1.29, 1.82) is 0 Å². The molecule has 1 N–H and O–H groups in total. The molecule has 116 valence electrons. The van der Waals surface area contributed by atoms with Gasteiger partial charge in [0.25, 0.3) is 0 Å². The highest BCUT2D eigenvalue weighted by Gasteiger charge is 2.10. The zero-order valence-electron chi connectivity index (χ0n) is 11.7. The number of aromatic nitrogens is 1. The Morgan fingerprint density at radius 1 is 0.913 bits per heavy atom. The normalized spacial score (nSPS) is 10.6. The molecule has 0 amide bonds. The molecule has 2 nitrogen and oxygen atoms in total. The second kappa shape index (κ2) is 6.52. The van der Waals surface area contributed by atoms with E-state index in [0.29, 0.717) is 27.1 Å². The molecule has 0 aliphatic heterocycles. The van der Waals surface area contributed by atoms with Gasteiger partial charge in [0.05, 0.1) is 0 Å². The third kappa shape index (κ3) is 3.60. The van der Waals surface area contributed by atoms with E-state index in [4.69, 9.17) is 23.2 Å².